The third-order valence-electron chi connectivity index (χ3n) is 2.86. The second-order valence-corrected chi connectivity index (χ2v) is 6.74. The smallest absolute Gasteiger partial charge is 0.261 e. The fourth-order valence-corrected chi connectivity index (χ4v) is 3.36. The summed E-state index contributed by atoms with van der Waals surface area (Å²) in [5.74, 6) is 0. The lowest BCUT2D eigenvalue weighted by Gasteiger charge is -2.11. The Hall–Kier alpha value is -2.01. The molecule has 0 saturated heterocycles. The average molecular weight is 290 g/mol. The van der Waals surface area contributed by atoms with E-state index in [1.165, 1.54) is 6.07 Å². The van der Waals surface area contributed by atoms with Gasteiger partial charge in [0.05, 0.1) is 4.90 Å². The molecule has 0 heterocycles. The van der Waals surface area contributed by atoms with E-state index >= 15 is 0 Å². The van der Waals surface area contributed by atoms with E-state index in [0.717, 1.165) is 16.7 Å². The predicted molar refractivity (Wildman–Crippen MR) is 82.3 cm³/mol. The minimum atomic E-state index is -3.62. The van der Waals surface area contributed by atoms with Crippen molar-refractivity contribution in [1.82, 2.24) is 0 Å². The molecule has 2 aromatic rings. The van der Waals surface area contributed by atoms with E-state index in [2.05, 4.69) is 4.72 Å². The monoisotopic (exact) mass is 290 g/mol. The zero-order valence-electron chi connectivity index (χ0n) is 11.8. The van der Waals surface area contributed by atoms with Gasteiger partial charge in [-0.1, -0.05) is 6.07 Å². The summed E-state index contributed by atoms with van der Waals surface area (Å²) in [5, 5.41) is 0. The molecule has 0 unspecified atom stereocenters. The maximum atomic E-state index is 12.4. The lowest BCUT2D eigenvalue weighted by Crippen LogP contribution is -2.13. The summed E-state index contributed by atoms with van der Waals surface area (Å²) < 4.78 is 27.3. The van der Waals surface area contributed by atoms with Crippen molar-refractivity contribution in [2.24, 2.45) is 0 Å². The first-order chi connectivity index (χ1) is 9.26. The zero-order chi connectivity index (χ0) is 14.9. The second-order valence-electron chi connectivity index (χ2n) is 5.06. The summed E-state index contributed by atoms with van der Waals surface area (Å²) >= 11 is 0. The van der Waals surface area contributed by atoms with Crippen molar-refractivity contribution < 1.29 is 8.42 Å². The van der Waals surface area contributed by atoms with Crippen LogP contribution in [0.4, 0.5) is 11.4 Å². The number of nitrogen functional groups attached to an aromatic ring is 1. The number of anilines is 2. The van der Waals surface area contributed by atoms with Crippen LogP contribution >= 0.6 is 0 Å². The minimum Gasteiger partial charge on any atom is -0.399 e. The highest BCUT2D eigenvalue weighted by atomic mass is 32.2. The van der Waals surface area contributed by atoms with Gasteiger partial charge in [0.15, 0.2) is 0 Å². The summed E-state index contributed by atoms with van der Waals surface area (Å²) in [6.45, 7) is 5.66. The van der Waals surface area contributed by atoms with Gasteiger partial charge in [-0.05, 0) is 67.8 Å². The zero-order valence-corrected chi connectivity index (χ0v) is 12.6. The Morgan fingerprint density at radius 2 is 1.40 bits per heavy atom. The number of benzene rings is 2. The number of nitrogens with one attached hydrogen (secondary N) is 1. The normalized spacial score (nSPS) is 11.3. The quantitative estimate of drug-likeness (QED) is 0.854. The van der Waals surface area contributed by atoms with Gasteiger partial charge >= 0.3 is 0 Å². The highest BCUT2D eigenvalue weighted by molar-refractivity contribution is 7.92. The van der Waals surface area contributed by atoms with Crippen molar-refractivity contribution in [3.05, 3.63) is 53.1 Å². The molecule has 0 saturated carbocycles. The van der Waals surface area contributed by atoms with E-state index in [9.17, 15) is 8.42 Å². The number of hydrogen-bond acceptors (Lipinski definition) is 3. The molecular formula is C15H18N2O2S. The number of sulfonamides is 1. The molecule has 0 bridgehead atoms. The van der Waals surface area contributed by atoms with Gasteiger partial charge in [-0.25, -0.2) is 8.42 Å². The highest BCUT2D eigenvalue weighted by Crippen LogP contribution is 2.21. The van der Waals surface area contributed by atoms with Gasteiger partial charge in [0.2, 0.25) is 0 Å². The first kappa shape index (κ1) is 14.4. The van der Waals surface area contributed by atoms with Crippen LogP contribution in [0.25, 0.3) is 0 Å². The molecule has 0 atom stereocenters. The second kappa shape index (κ2) is 5.17. The molecule has 5 heteroatoms. The molecule has 4 nitrogen and oxygen atoms in total. The molecule has 0 aliphatic heterocycles. The predicted octanol–water partition coefficient (Wildman–Crippen LogP) is 2.99. The first-order valence-electron chi connectivity index (χ1n) is 6.24. The number of nitrogens with two attached hydrogens (primary N) is 1. The van der Waals surface area contributed by atoms with E-state index in [0.29, 0.717) is 11.4 Å². The highest BCUT2D eigenvalue weighted by Gasteiger charge is 2.15. The number of aryl methyl sites for hydroxylation is 3. The maximum Gasteiger partial charge on any atom is 0.261 e. The molecule has 0 fully saturated rings. The van der Waals surface area contributed by atoms with Crippen LogP contribution in [0.3, 0.4) is 0 Å². The lowest BCUT2D eigenvalue weighted by molar-refractivity contribution is 0.601. The van der Waals surface area contributed by atoms with E-state index in [1.54, 1.807) is 24.3 Å². The van der Waals surface area contributed by atoms with Gasteiger partial charge < -0.3 is 5.73 Å². The van der Waals surface area contributed by atoms with E-state index in [-0.39, 0.29) is 4.90 Å². The molecule has 0 amide bonds. The van der Waals surface area contributed by atoms with Gasteiger partial charge in [0.1, 0.15) is 0 Å². The third-order valence-corrected chi connectivity index (χ3v) is 4.22. The van der Waals surface area contributed by atoms with Gasteiger partial charge in [-0.2, -0.15) is 0 Å². The molecule has 0 spiro atoms. The molecule has 3 N–H and O–H groups in total. The lowest BCUT2D eigenvalue weighted by atomic mass is 10.1. The van der Waals surface area contributed by atoms with E-state index in [4.69, 9.17) is 5.73 Å². The molecule has 0 aliphatic rings. The topological polar surface area (TPSA) is 72.2 Å². The Bertz CT molecular complexity index is 712. The Labute approximate surface area is 119 Å². The standard InChI is InChI=1S/C15H18N2O2S/c1-10-4-11(2)7-14(6-10)17-20(18,19)15-8-12(3)5-13(16)9-15/h4-9,17H,16H2,1-3H3. The Kier molecular flexibility index (Phi) is 3.72. The van der Waals surface area contributed by atoms with Crippen LogP contribution in [0.15, 0.2) is 41.3 Å². The average Bonchev–Trinajstić information content (AvgIpc) is 2.25. The van der Waals surface area contributed by atoms with Crippen LogP contribution in [0, 0.1) is 20.8 Å². The molecule has 2 aromatic carbocycles. The van der Waals surface area contributed by atoms with Crippen LogP contribution in [-0.4, -0.2) is 8.42 Å². The van der Waals surface area contributed by atoms with Crippen molar-refractivity contribution in [3.8, 4) is 0 Å². The van der Waals surface area contributed by atoms with E-state index < -0.39 is 10.0 Å². The van der Waals surface area contributed by atoms with Crippen molar-refractivity contribution in [2.75, 3.05) is 10.5 Å². The fourth-order valence-electron chi connectivity index (χ4n) is 2.18. The fraction of sp³-hybridized carbons (Fsp3) is 0.200. The van der Waals surface area contributed by atoms with Crippen LogP contribution in [0.2, 0.25) is 0 Å². The van der Waals surface area contributed by atoms with Crippen LogP contribution in [0.5, 0.6) is 0 Å². The largest absolute Gasteiger partial charge is 0.399 e. The summed E-state index contributed by atoms with van der Waals surface area (Å²) in [5.41, 5.74) is 9.52. The summed E-state index contributed by atoms with van der Waals surface area (Å²) in [6, 6.07) is 10.4. The first-order valence-corrected chi connectivity index (χ1v) is 7.73. The molecule has 0 aromatic heterocycles. The van der Waals surface area contributed by atoms with Crippen molar-refractivity contribution in [2.45, 2.75) is 25.7 Å². The van der Waals surface area contributed by atoms with Crippen LogP contribution in [0.1, 0.15) is 16.7 Å². The van der Waals surface area contributed by atoms with Gasteiger partial charge in [0.25, 0.3) is 10.0 Å². The Balaban J connectivity index is 2.40. The SMILES string of the molecule is Cc1cc(C)cc(NS(=O)(=O)c2cc(C)cc(N)c2)c1. The Morgan fingerprint density at radius 1 is 0.850 bits per heavy atom. The summed E-state index contributed by atoms with van der Waals surface area (Å²) in [7, 11) is -3.62. The molecule has 2 rings (SSSR count). The minimum absolute atomic E-state index is 0.175. The van der Waals surface area contributed by atoms with Gasteiger partial charge in [-0.3, -0.25) is 4.72 Å². The molecule has 0 radical (unpaired) electrons. The molecule has 20 heavy (non-hydrogen) atoms. The summed E-state index contributed by atoms with van der Waals surface area (Å²) in [6.07, 6.45) is 0. The number of hydrogen-bond donors (Lipinski definition) is 2. The van der Waals surface area contributed by atoms with Crippen molar-refractivity contribution >= 4 is 21.4 Å². The van der Waals surface area contributed by atoms with Crippen LogP contribution < -0.4 is 10.5 Å². The van der Waals surface area contributed by atoms with Crippen molar-refractivity contribution in [1.29, 1.82) is 0 Å². The Morgan fingerprint density at radius 3 is 1.95 bits per heavy atom. The van der Waals surface area contributed by atoms with Crippen LogP contribution in [-0.2, 0) is 10.0 Å². The van der Waals surface area contributed by atoms with Crippen molar-refractivity contribution in [3.63, 3.8) is 0 Å². The molecular weight excluding hydrogens is 272 g/mol. The van der Waals surface area contributed by atoms with Gasteiger partial charge in [0, 0.05) is 11.4 Å². The third kappa shape index (κ3) is 3.30. The van der Waals surface area contributed by atoms with Gasteiger partial charge in [-0.15, -0.1) is 0 Å². The molecule has 106 valence electrons. The maximum absolute atomic E-state index is 12.4. The van der Waals surface area contributed by atoms with E-state index in [1.807, 2.05) is 26.8 Å². The summed E-state index contributed by atoms with van der Waals surface area (Å²) in [4.78, 5) is 0.175. The molecule has 0 aliphatic carbocycles. The number of rotatable bonds is 3.